The summed E-state index contributed by atoms with van der Waals surface area (Å²) in [4.78, 5) is 25.8. The Hall–Kier alpha value is -2.04. The predicted octanol–water partition coefficient (Wildman–Crippen LogP) is 1.32. The second-order valence-electron chi connectivity index (χ2n) is 5.81. The van der Waals surface area contributed by atoms with E-state index in [1.54, 1.807) is 12.0 Å². The molecule has 1 aromatic rings. The molecule has 1 aliphatic heterocycles. The normalized spacial score (nSPS) is 21.5. The number of carbonyl (C=O) groups excluding carboxylic acids is 2. The summed E-state index contributed by atoms with van der Waals surface area (Å²) in [7, 11) is 1.62. The molecule has 1 saturated heterocycles. The first kappa shape index (κ1) is 13.9. The van der Waals surface area contributed by atoms with Gasteiger partial charge in [-0.05, 0) is 30.5 Å². The van der Waals surface area contributed by atoms with Gasteiger partial charge in [-0.2, -0.15) is 0 Å². The predicted molar refractivity (Wildman–Crippen MR) is 77.7 cm³/mol. The molecule has 0 spiro atoms. The lowest BCUT2D eigenvalue weighted by molar-refractivity contribution is -0.129. The van der Waals surface area contributed by atoms with Crippen molar-refractivity contribution in [2.24, 2.45) is 5.92 Å². The highest BCUT2D eigenvalue weighted by molar-refractivity contribution is 5.89. The summed E-state index contributed by atoms with van der Waals surface area (Å²) in [6.45, 7) is 1.04. The van der Waals surface area contributed by atoms with Crippen molar-refractivity contribution in [3.8, 4) is 5.75 Å². The number of ether oxygens (including phenoxy) is 1. The number of rotatable bonds is 5. The molecule has 1 saturated carbocycles. The maximum Gasteiger partial charge on any atom is 0.225 e. The third kappa shape index (κ3) is 3.35. The number of benzene rings is 1. The van der Waals surface area contributed by atoms with Crippen LogP contribution in [0.2, 0.25) is 0 Å². The van der Waals surface area contributed by atoms with Gasteiger partial charge in [0.1, 0.15) is 5.75 Å². The maximum absolute atomic E-state index is 12.1. The van der Waals surface area contributed by atoms with Crippen LogP contribution in [-0.4, -0.2) is 36.4 Å². The zero-order valence-electron chi connectivity index (χ0n) is 12.2. The fourth-order valence-electron chi connectivity index (χ4n) is 2.64. The van der Waals surface area contributed by atoms with Crippen molar-refractivity contribution in [3.05, 3.63) is 29.8 Å². The molecule has 5 nitrogen and oxygen atoms in total. The summed E-state index contributed by atoms with van der Waals surface area (Å²) < 4.78 is 5.19. The molecule has 1 N–H and O–H groups in total. The van der Waals surface area contributed by atoms with Crippen molar-refractivity contribution >= 4 is 11.8 Å². The minimum Gasteiger partial charge on any atom is -0.497 e. The van der Waals surface area contributed by atoms with Gasteiger partial charge in [-0.3, -0.25) is 9.59 Å². The fourth-order valence-corrected chi connectivity index (χ4v) is 2.64. The van der Waals surface area contributed by atoms with Crippen LogP contribution < -0.4 is 10.1 Å². The Morgan fingerprint density at radius 3 is 2.95 bits per heavy atom. The average molecular weight is 288 g/mol. The van der Waals surface area contributed by atoms with E-state index in [2.05, 4.69) is 5.32 Å². The molecule has 1 atom stereocenters. The topological polar surface area (TPSA) is 58.6 Å². The van der Waals surface area contributed by atoms with Gasteiger partial charge < -0.3 is 15.0 Å². The third-order valence-electron chi connectivity index (χ3n) is 4.02. The van der Waals surface area contributed by atoms with E-state index in [1.807, 2.05) is 24.3 Å². The van der Waals surface area contributed by atoms with Crippen LogP contribution in [0.1, 0.15) is 24.8 Å². The van der Waals surface area contributed by atoms with Crippen LogP contribution in [0.4, 0.5) is 0 Å². The van der Waals surface area contributed by atoms with Gasteiger partial charge in [0.15, 0.2) is 0 Å². The van der Waals surface area contributed by atoms with Crippen molar-refractivity contribution in [2.45, 2.75) is 31.8 Å². The highest BCUT2D eigenvalue weighted by Gasteiger charge is 2.36. The van der Waals surface area contributed by atoms with Crippen LogP contribution in [0.25, 0.3) is 0 Å². The van der Waals surface area contributed by atoms with Crippen LogP contribution >= 0.6 is 0 Å². The average Bonchev–Trinajstić information content (AvgIpc) is 3.22. The fraction of sp³-hybridized carbons (Fsp3) is 0.500. The van der Waals surface area contributed by atoms with Gasteiger partial charge in [0, 0.05) is 25.6 Å². The van der Waals surface area contributed by atoms with E-state index in [4.69, 9.17) is 4.74 Å². The Morgan fingerprint density at radius 2 is 2.24 bits per heavy atom. The van der Waals surface area contributed by atoms with Crippen molar-refractivity contribution in [3.63, 3.8) is 0 Å². The van der Waals surface area contributed by atoms with Gasteiger partial charge in [-0.15, -0.1) is 0 Å². The lowest BCUT2D eigenvalue weighted by Crippen LogP contribution is -2.34. The summed E-state index contributed by atoms with van der Waals surface area (Å²) in [5, 5.41) is 2.98. The Kier molecular flexibility index (Phi) is 3.82. The van der Waals surface area contributed by atoms with Crippen LogP contribution in [0.15, 0.2) is 24.3 Å². The third-order valence-corrected chi connectivity index (χ3v) is 4.02. The molecule has 1 heterocycles. The van der Waals surface area contributed by atoms with Crippen molar-refractivity contribution < 1.29 is 14.3 Å². The number of nitrogens with one attached hydrogen (secondary N) is 1. The highest BCUT2D eigenvalue weighted by atomic mass is 16.5. The van der Waals surface area contributed by atoms with Gasteiger partial charge in [0.2, 0.25) is 11.8 Å². The van der Waals surface area contributed by atoms with E-state index < -0.39 is 0 Å². The number of nitrogens with zero attached hydrogens (tertiary/aromatic N) is 1. The van der Waals surface area contributed by atoms with Crippen molar-refractivity contribution in [1.29, 1.82) is 0 Å². The molecule has 21 heavy (non-hydrogen) atoms. The summed E-state index contributed by atoms with van der Waals surface area (Å²) in [5.74, 6) is 0.652. The van der Waals surface area contributed by atoms with E-state index >= 15 is 0 Å². The molecule has 1 aliphatic carbocycles. The van der Waals surface area contributed by atoms with Gasteiger partial charge >= 0.3 is 0 Å². The SMILES string of the molecule is COc1cccc(CN2CC(C(=O)NC3CC3)CC2=O)c1. The first-order valence-corrected chi connectivity index (χ1v) is 7.37. The summed E-state index contributed by atoms with van der Waals surface area (Å²) in [6.07, 6.45) is 2.46. The van der Waals surface area contributed by atoms with E-state index in [9.17, 15) is 9.59 Å². The van der Waals surface area contributed by atoms with Gasteiger partial charge in [0.05, 0.1) is 13.0 Å². The molecule has 5 heteroatoms. The Morgan fingerprint density at radius 1 is 1.43 bits per heavy atom. The minimum absolute atomic E-state index is 0.0268. The molecule has 2 fully saturated rings. The van der Waals surface area contributed by atoms with Gasteiger partial charge in [0.25, 0.3) is 0 Å². The van der Waals surface area contributed by atoms with Crippen LogP contribution in [-0.2, 0) is 16.1 Å². The van der Waals surface area contributed by atoms with E-state index in [0.29, 0.717) is 25.6 Å². The molecule has 2 amide bonds. The zero-order valence-corrected chi connectivity index (χ0v) is 12.2. The minimum atomic E-state index is -0.205. The number of hydrogen-bond donors (Lipinski definition) is 1. The summed E-state index contributed by atoms with van der Waals surface area (Å²) in [5.41, 5.74) is 1.02. The molecule has 0 aromatic heterocycles. The first-order valence-electron chi connectivity index (χ1n) is 7.37. The molecular weight excluding hydrogens is 268 g/mol. The highest BCUT2D eigenvalue weighted by Crippen LogP contribution is 2.24. The van der Waals surface area contributed by atoms with E-state index in [1.165, 1.54) is 0 Å². The number of methoxy groups -OCH3 is 1. The van der Waals surface area contributed by atoms with Crippen LogP contribution in [0.3, 0.4) is 0 Å². The zero-order chi connectivity index (χ0) is 14.8. The monoisotopic (exact) mass is 288 g/mol. The van der Waals surface area contributed by atoms with Crippen molar-refractivity contribution in [1.82, 2.24) is 10.2 Å². The Labute approximate surface area is 124 Å². The van der Waals surface area contributed by atoms with Crippen LogP contribution in [0.5, 0.6) is 5.75 Å². The lowest BCUT2D eigenvalue weighted by atomic mass is 10.1. The molecule has 2 aliphatic rings. The summed E-state index contributed by atoms with van der Waals surface area (Å²) >= 11 is 0. The maximum atomic E-state index is 12.1. The molecule has 0 bridgehead atoms. The van der Waals surface area contributed by atoms with Crippen LogP contribution in [0, 0.1) is 5.92 Å². The molecule has 112 valence electrons. The Balaban J connectivity index is 1.60. The largest absolute Gasteiger partial charge is 0.497 e. The quantitative estimate of drug-likeness (QED) is 0.889. The standard InChI is InChI=1S/C16H20N2O3/c1-21-14-4-2-3-11(7-14)9-18-10-12(8-15(18)19)16(20)17-13-5-6-13/h2-4,7,12-13H,5-6,8-10H2,1H3,(H,17,20). The number of amides is 2. The smallest absolute Gasteiger partial charge is 0.225 e. The van der Waals surface area contributed by atoms with E-state index in [0.717, 1.165) is 24.2 Å². The Bertz CT molecular complexity index is 554. The second-order valence-corrected chi connectivity index (χ2v) is 5.81. The number of likely N-dealkylation sites (tertiary alicyclic amines) is 1. The molecular formula is C16H20N2O3. The first-order chi connectivity index (χ1) is 10.2. The van der Waals surface area contributed by atoms with Crippen molar-refractivity contribution in [2.75, 3.05) is 13.7 Å². The van der Waals surface area contributed by atoms with E-state index in [-0.39, 0.29) is 17.7 Å². The molecule has 1 aromatic carbocycles. The second kappa shape index (κ2) is 5.76. The number of carbonyl (C=O) groups is 2. The van der Waals surface area contributed by atoms with Gasteiger partial charge in [-0.1, -0.05) is 12.1 Å². The molecule has 1 unspecified atom stereocenters. The van der Waals surface area contributed by atoms with Gasteiger partial charge in [-0.25, -0.2) is 0 Å². The molecule has 3 rings (SSSR count). The lowest BCUT2D eigenvalue weighted by Gasteiger charge is -2.17. The number of hydrogen-bond acceptors (Lipinski definition) is 3. The summed E-state index contributed by atoms with van der Waals surface area (Å²) in [6, 6.07) is 8.02. The molecule has 0 radical (unpaired) electrons.